The number of aromatic nitrogens is 1. The number of rotatable bonds is 3. The minimum Gasteiger partial charge on any atom is -0.488 e. The largest absolute Gasteiger partial charge is 0.488 e. The van der Waals surface area contributed by atoms with Crippen molar-refractivity contribution < 1.29 is 9.53 Å². The van der Waals surface area contributed by atoms with Gasteiger partial charge in [0, 0.05) is 20.3 Å². The first-order chi connectivity index (χ1) is 8.13. The van der Waals surface area contributed by atoms with Gasteiger partial charge in [0.1, 0.15) is 11.6 Å². The summed E-state index contributed by atoms with van der Waals surface area (Å²) in [4.78, 5) is 17.4. The third-order valence-electron chi connectivity index (χ3n) is 2.47. The molecular formula is C12H13N3O2. The van der Waals surface area contributed by atoms with Gasteiger partial charge in [-0.15, -0.1) is 0 Å². The standard InChI is InChI=1S/C12H13N3O2/c1-15(2)12(16)11-8(5-13)6-14-7-10(11)17-9-3-4-9/h6-7,9H,3-4H2,1-2H3. The van der Waals surface area contributed by atoms with Gasteiger partial charge in [0.05, 0.1) is 17.9 Å². The van der Waals surface area contributed by atoms with Crippen LogP contribution < -0.4 is 4.74 Å². The van der Waals surface area contributed by atoms with E-state index in [2.05, 4.69) is 4.98 Å². The topological polar surface area (TPSA) is 66.2 Å². The molecule has 1 fully saturated rings. The second-order valence-electron chi connectivity index (χ2n) is 4.19. The van der Waals surface area contributed by atoms with Gasteiger partial charge in [-0.25, -0.2) is 0 Å². The molecule has 1 aliphatic rings. The van der Waals surface area contributed by atoms with Crippen molar-refractivity contribution in [3.05, 3.63) is 23.5 Å². The molecule has 1 aromatic rings. The number of nitriles is 1. The Bertz CT molecular complexity index is 487. The quantitative estimate of drug-likeness (QED) is 0.783. The Morgan fingerprint density at radius 3 is 2.76 bits per heavy atom. The first-order valence-corrected chi connectivity index (χ1v) is 5.40. The van der Waals surface area contributed by atoms with Crippen molar-refractivity contribution in [3.8, 4) is 11.8 Å². The smallest absolute Gasteiger partial charge is 0.258 e. The molecule has 2 rings (SSSR count). The average molecular weight is 231 g/mol. The molecule has 1 amide bonds. The van der Waals surface area contributed by atoms with E-state index in [1.165, 1.54) is 17.3 Å². The molecule has 1 saturated carbocycles. The van der Waals surface area contributed by atoms with Crippen molar-refractivity contribution in [2.45, 2.75) is 18.9 Å². The molecule has 5 nitrogen and oxygen atoms in total. The maximum absolute atomic E-state index is 12.0. The highest BCUT2D eigenvalue weighted by molar-refractivity contribution is 5.98. The highest BCUT2D eigenvalue weighted by Gasteiger charge is 2.27. The van der Waals surface area contributed by atoms with E-state index < -0.39 is 0 Å². The Morgan fingerprint density at radius 2 is 2.24 bits per heavy atom. The lowest BCUT2D eigenvalue weighted by Gasteiger charge is -2.15. The molecule has 17 heavy (non-hydrogen) atoms. The minimum atomic E-state index is -0.236. The molecule has 0 aliphatic heterocycles. The molecule has 1 heterocycles. The van der Waals surface area contributed by atoms with Crippen LogP contribution in [0.15, 0.2) is 12.4 Å². The molecule has 5 heteroatoms. The summed E-state index contributed by atoms with van der Waals surface area (Å²) >= 11 is 0. The molecule has 0 unspecified atom stereocenters. The molecule has 1 aliphatic carbocycles. The van der Waals surface area contributed by atoms with Gasteiger partial charge < -0.3 is 9.64 Å². The van der Waals surface area contributed by atoms with Crippen LogP contribution in [0.25, 0.3) is 0 Å². The number of pyridine rings is 1. The molecule has 1 aromatic heterocycles. The summed E-state index contributed by atoms with van der Waals surface area (Å²) in [5.74, 6) is 0.171. The Morgan fingerprint density at radius 1 is 1.53 bits per heavy atom. The molecule has 0 saturated heterocycles. The van der Waals surface area contributed by atoms with Gasteiger partial charge >= 0.3 is 0 Å². The minimum absolute atomic E-state index is 0.166. The van der Waals surface area contributed by atoms with Crippen molar-refractivity contribution in [3.63, 3.8) is 0 Å². The van der Waals surface area contributed by atoms with Crippen LogP contribution in [-0.4, -0.2) is 36.0 Å². The van der Waals surface area contributed by atoms with Crippen molar-refractivity contribution >= 4 is 5.91 Å². The third kappa shape index (κ3) is 2.36. The van der Waals surface area contributed by atoms with Crippen LogP contribution in [0.1, 0.15) is 28.8 Å². The van der Waals surface area contributed by atoms with E-state index in [0.717, 1.165) is 12.8 Å². The van der Waals surface area contributed by atoms with Crippen LogP contribution in [0.3, 0.4) is 0 Å². The van der Waals surface area contributed by atoms with Gasteiger partial charge in [0.15, 0.2) is 5.75 Å². The van der Waals surface area contributed by atoms with Crippen LogP contribution >= 0.6 is 0 Å². The molecule has 0 bridgehead atoms. The number of amides is 1. The van der Waals surface area contributed by atoms with Gasteiger partial charge in [0.2, 0.25) is 0 Å². The Kier molecular flexibility index (Phi) is 2.96. The summed E-state index contributed by atoms with van der Waals surface area (Å²) in [5, 5.41) is 9.01. The summed E-state index contributed by atoms with van der Waals surface area (Å²) in [6, 6.07) is 1.98. The van der Waals surface area contributed by atoms with Crippen molar-refractivity contribution in [1.82, 2.24) is 9.88 Å². The fraction of sp³-hybridized carbons (Fsp3) is 0.417. The zero-order valence-corrected chi connectivity index (χ0v) is 9.80. The highest BCUT2D eigenvalue weighted by Crippen LogP contribution is 2.30. The van der Waals surface area contributed by atoms with Crippen LogP contribution in [0, 0.1) is 11.3 Å². The highest BCUT2D eigenvalue weighted by atomic mass is 16.5. The summed E-state index contributed by atoms with van der Waals surface area (Å²) in [5.41, 5.74) is 0.557. The van der Waals surface area contributed by atoms with E-state index in [-0.39, 0.29) is 17.6 Å². The molecular weight excluding hydrogens is 218 g/mol. The van der Waals surface area contributed by atoms with Gasteiger partial charge in [-0.1, -0.05) is 0 Å². The summed E-state index contributed by atoms with van der Waals surface area (Å²) < 4.78 is 5.61. The number of nitrogens with zero attached hydrogens (tertiary/aromatic N) is 3. The normalized spacial score (nSPS) is 13.9. The number of hydrogen-bond donors (Lipinski definition) is 0. The van der Waals surface area contributed by atoms with E-state index in [9.17, 15) is 4.79 Å². The predicted octanol–water partition coefficient (Wildman–Crippen LogP) is 1.20. The molecule has 0 aromatic carbocycles. The van der Waals surface area contributed by atoms with Crippen molar-refractivity contribution in [2.75, 3.05) is 14.1 Å². The van der Waals surface area contributed by atoms with E-state index in [1.54, 1.807) is 14.1 Å². The monoisotopic (exact) mass is 231 g/mol. The lowest BCUT2D eigenvalue weighted by molar-refractivity contribution is 0.0822. The van der Waals surface area contributed by atoms with Gasteiger partial charge in [-0.05, 0) is 12.8 Å². The first kappa shape index (κ1) is 11.4. The lowest BCUT2D eigenvalue weighted by atomic mass is 10.1. The van der Waals surface area contributed by atoms with Crippen LogP contribution in [-0.2, 0) is 0 Å². The molecule has 0 atom stereocenters. The fourth-order valence-corrected chi connectivity index (χ4v) is 1.43. The zero-order chi connectivity index (χ0) is 12.4. The summed E-state index contributed by atoms with van der Waals surface area (Å²) in [6.45, 7) is 0. The predicted molar refractivity (Wildman–Crippen MR) is 60.6 cm³/mol. The van der Waals surface area contributed by atoms with Crippen LogP contribution in [0.2, 0.25) is 0 Å². The maximum Gasteiger partial charge on any atom is 0.258 e. The fourth-order valence-electron chi connectivity index (χ4n) is 1.43. The van der Waals surface area contributed by atoms with Gasteiger partial charge in [-0.2, -0.15) is 5.26 Å². The summed E-state index contributed by atoms with van der Waals surface area (Å²) in [7, 11) is 3.29. The second kappa shape index (κ2) is 4.42. The Hall–Kier alpha value is -2.09. The third-order valence-corrected chi connectivity index (χ3v) is 2.47. The second-order valence-corrected chi connectivity index (χ2v) is 4.19. The first-order valence-electron chi connectivity index (χ1n) is 5.40. The van der Waals surface area contributed by atoms with Crippen molar-refractivity contribution in [1.29, 1.82) is 5.26 Å². The molecule has 88 valence electrons. The zero-order valence-electron chi connectivity index (χ0n) is 9.80. The molecule has 0 spiro atoms. The molecule has 0 radical (unpaired) electrons. The van der Waals surface area contributed by atoms with E-state index >= 15 is 0 Å². The summed E-state index contributed by atoms with van der Waals surface area (Å²) in [6.07, 6.45) is 5.03. The number of carbonyl (C=O) groups excluding carboxylic acids is 1. The number of hydrogen-bond acceptors (Lipinski definition) is 4. The van der Waals surface area contributed by atoms with E-state index in [1.807, 2.05) is 6.07 Å². The molecule has 0 N–H and O–H groups in total. The maximum atomic E-state index is 12.0. The number of carbonyl (C=O) groups is 1. The van der Waals surface area contributed by atoms with Crippen LogP contribution in [0.5, 0.6) is 5.75 Å². The van der Waals surface area contributed by atoms with E-state index in [4.69, 9.17) is 10.00 Å². The van der Waals surface area contributed by atoms with Gasteiger partial charge in [0.25, 0.3) is 5.91 Å². The average Bonchev–Trinajstić information content (AvgIpc) is 3.11. The van der Waals surface area contributed by atoms with Crippen molar-refractivity contribution in [2.24, 2.45) is 0 Å². The Labute approximate surface area is 99.6 Å². The SMILES string of the molecule is CN(C)C(=O)c1c(C#N)cncc1OC1CC1. The van der Waals surface area contributed by atoms with Crippen LogP contribution in [0.4, 0.5) is 0 Å². The number of ether oxygens (including phenoxy) is 1. The lowest BCUT2D eigenvalue weighted by Crippen LogP contribution is -2.24. The van der Waals surface area contributed by atoms with Gasteiger partial charge in [-0.3, -0.25) is 9.78 Å². The Balaban J connectivity index is 2.43. The van der Waals surface area contributed by atoms with E-state index in [0.29, 0.717) is 11.3 Å².